The molecular weight excluding hydrogens is 258 g/mol. The largest absolute Gasteiger partial charge is 0.477 e. The molecule has 0 aromatic carbocycles. The number of H-pyrrole nitrogens is 1. The van der Waals surface area contributed by atoms with E-state index in [0.717, 1.165) is 19.3 Å². The van der Waals surface area contributed by atoms with Crippen LogP contribution in [0.15, 0.2) is 6.07 Å². The maximum absolute atomic E-state index is 12.1. The highest BCUT2D eigenvalue weighted by molar-refractivity contribution is 5.99. The number of anilines is 1. The van der Waals surface area contributed by atoms with E-state index in [1.807, 2.05) is 20.8 Å². The summed E-state index contributed by atoms with van der Waals surface area (Å²) in [5, 5.41) is 14.6. The van der Waals surface area contributed by atoms with Crippen LogP contribution in [-0.2, 0) is 0 Å². The Bertz CT molecular complexity index is 482. The molecule has 0 unspecified atom stereocenters. The summed E-state index contributed by atoms with van der Waals surface area (Å²) in [6.07, 6.45) is 2.47. The van der Waals surface area contributed by atoms with Gasteiger partial charge in [0.2, 0.25) is 0 Å². The van der Waals surface area contributed by atoms with Gasteiger partial charge in [-0.15, -0.1) is 0 Å². The molecule has 0 saturated heterocycles. The van der Waals surface area contributed by atoms with E-state index < -0.39 is 5.97 Å². The van der Waals surface area contributed by atoms with Crippen LogP contribution in [0.3, 0.4) is 0 Å². The number of aromatic carboxylic acids is 1. The zero-order chi connectivity index (χ0) is 15.3. The number of aromatic nitrogens is 1. The first-order valence-corrected chi connectivity index (χ1v) is 6.89. The average molecular weight is 281 g/mol. The molecule has 0 aliphatic heterocycles. The molecule has 20 heavy (non-hydrogen) atoms. The second kappa shape index (κ2) is 6.45. The maximum Gasteiger partial charge on any atom is 0.354 e. The standard InChI is InChI=1S/C14H23N3O3/c1-5-14(6-2,7-3)17-13(20)16-10-8-9(4)15-11(10)12(18)19/h8,15H,5-7H2,1-4H3,(H,18,19)(H2,16,17,20). The molecule has 1 rings (SSSR count). The molecule has 1 aromatic rings. The molecule has 1 aromatic heterocycles. The molecule has 0 bridgehead atoms. The van der Waals surface area contributed by atoms with E-state index >= 15 is 0 Å². The van der Waals surface area contributed by atoms with Crippen molar-refractivity contribution in [1.29, 1.82) is 0 Å². The molecule has 112 valence electrons. The molecule has 0 fully saturated rings. The highest BCUT2D eigenvalue weighted by Crippen LogP contribution is 2.21. The first-order chi connectivity index (χ1) is 9.37. The van der Waals surface area contributed by atoms with Crippen molar-refractivity contribution in [3.63, 3.8) is 0 Å². The van der Waals surface area contributed by atoms with Crippen LogP contribution in [0.1, 0.15) is 56.2 Å². The lowest BCUT2D eigenvalue weighted by Gasteiger charge is -2.31. The number of hydrogen-bond donors (Lipinski definition) is 4. The van der Waals surface area contributed by atoms with E-state index in [0.29, 0.717) is 5.69 Å². The Labute approximate surface area is 119 Å². The minimum Gasteiger partial charge on any atom is -0.477 e. The number of rotatable bonds is 6. The summed E-state index contributed by atoms with van der Waals surface area (Å²) in [7, 11) is 0. The summed E-state index contributed by atoms with van der Waals surface area (Å²) in [5.74, 6) is -1.10. The lowest BCUT2D eigenvalue weighted by molar-refractivity contribution is 0.0692. The molecular formula is C14H23N3O3. The van der Waals surface area contributed by atoms with Crippen LogP contribution in [0.5, 0.6) is 0 Å². The first kappa shape index (κ1) is 16.1. The van der Waals surface area contributed by atoms with E-state index in [-0.39, 0.29) is 23.0 Å². The normalized spacial score (nSPS) is 11.2. The van der Waals surface area contributed by atoms with Crippen LogP contribution in [-0.4, -0.2) is 27.6 Å². The van der Waals surface area contributed by atoms with E-state index in [2.05, 4.69) is 15.6 Å². The number of hydrogen-bond acceptors (Lipinski definition) is 2. The van der Waals surface area contributed by atoms with Crippen molar-refractivity contribution in [2.24, 2.45) is 0 Å². The van der Waals surface area contributed by atoms with E-state index in [4.69, 9.17) is 5.11 Å². The Balaban J connectivity index is 2.83. The smallest absolute Gasteiger partial charge is 0.354 e. The van der Waals surface area contributed by atoms with Crippen LogP contribution in [0.4, 0.5) is 10.5 Å². The van der Waals surface area contributed by atoms with Gasteiger partial charge in [-0.1, -0.05) is 20.8 Å². The lowest BCUT2D eigenvalue weighted by atomic mass is 9.90. The molecule has 0 aliphatic carbocycles. The monoisotopic (exact) mass is 281 g/mol. The van der Waals surface area contributed by atoms with Crippen molar-refractivity contribution >= 4 is 17.7 Å². The van der Waals surface area contributed by atoms with Crippen molar-refractivity contribution in [2.75, 3.05) is 5.32 Å². The van der Waals surface area contributed by atoms with Gasteiger partial charge in [-0.3, -0.25) is 0 Å². The van der Waals surface area contributed by atoms with Gasteiger partial charge < -0.3 is 20.7 Å². The Morgan fingerprint density at radius 1 is 1.25 bits per heavy atom. The van der Waals surface area contributed by atoms with E-state index in [1.54, 1.807) is 13.0 Å². The Morgan fingerprint density at radius 2 is 1.80 bits per heavy atom. The lowest BCUT2D eigenvalue weighted by Crippen LogP contribution is -2.48. The number of aromatic amines is 1. The third-order valence-corrected chi connectivity index (χ3v) is 3.82. The number of nitrogens with one attached hydrogen (secondary N) is 3. The van der Waals surface area contributed by atoms with Gasteiger partial charge in [0, 0.05) is 11.2 Å². The molecule has 0 atom stereocenters. The number of carboxylic acid groups (broad SMARTS) is 1. The molecule has 6 nitrogen and oxygen atoms in total. The number of carboxylic acids is 1. The zero-order valence-electron chi connectivity index (χ0n) is 12.5. The van der Waals surface area contributed by atoms with Crippen LogP contribution in [0.25, 0.3) is 0 Å². The zero-order valence-corrected chi connectivity index (χ0v) is 12.5. The van der Waals surface area contributed by atoms with E-state index in [9.17, 15) is 9.59 Å². The van der Waals surface area contributed by atoms with Crippen LogP contribution < -0.4 is 10.6 Å². The number of urea groups is 1. The van der Waals surface area contributed by atoms with Gasteiger partial charge in [0.15, 0.2) is 0 Å². The quantitative estimate of drug-likeness (QED) is 0.645. The van der Waals surface area contributed by atoms with Crippen molar-refractivity contribution in [3.05, 3.63) is 17.5 Å². The number of carbonyl (C=O) groups is 2. The fraction of sp³-hybridized carbons (Fsp3) is 0.571. The summed E-state index contributed by atoms with van der Waals surface area (Å²) in [5.41, 5.74) is 0.710. The maximum atomic E-state index is 12.1. The average Bonchev–Trinajstić information content (AvgIpc) is 2.77. The fourth-order valence-corrected chi connectivity index (χ4v) is 2.27. The van der Waals surface area contributed by atoms with Crippen molar-refractivity contribution in [1.82, 2.24) is 10.3 Å². The number of amides is 2. The molecule has 0 saturated carbocycles. The molecule has 1 heterocycles. The predicted octanol–water partition coefficient (Wildman–Crippen LogP) is 3.11. The summed E-state index contributed by atoms with van der Waals surface area (Å²) in [6, 6.07) is 1.23. The molecule has 0 aliphatic rings. The summed E-state index contributed by atoms with van der Waals surface area (Å²) in [4.78, 5) is 25.8. The van der Waals surface area contributed by atoms with Crippen molar-refractivity contribution in [3.8, 4) is 0 Å². The third kappa shape index (κ3) is 3.53. The minimum atomic E-state index is -1.10. The minimum absolute atomic E-state index is 0.00672. The van der Waals surface area contributed by atoms with Crippen molar-refractivity contribution < 1.29 is 14.7 Å². The number of aryl methyl sites for hydroxylation is 1. The first-order valence-electron chi connectivity index (χ1n) is 6.89. The topological polar surface area (TPSA) is 94.2 Å². The summed E-state index contributed by atoms with van der Waals surface area (Å²) in [6.45, 7) is 7.81. The second-order valence-electron chi connectivity index (χ2n) is 4.97. The molecule has 0 radical (unpaired) electrons. The SMILES string of the molecule is CCC(CC)(CC)NC(=O)Nc1cc(C)[nH]c1C(=O)O. The van der Waals surface area contributed by atoms with Gasteiger partial charge in [0.1, 0.15) is 5.69 Å². The van der Waals surface area contributed by atoms with Crippen LogP contribution in [0, 0.1) is 6.92 Å². The highest BCUT2D eigenvalue weighted by Gasteiger charge is 2.26. The summed E-state index contributed by atoms with van der Waals surface area (Å²) < 4.78 is 0. The molecule has 0 spiro atoms. The molecule has 4 N–H and O–H groups in total. The molecule has 2 amide bonds. The van der Waals surface area contributed by atoms with Gasteiger partial charge in [-0.2, -0.15) is 0 Å². The third-order valence-electron chi connectivity index (χ3n) is 3.82. The second-order valence-corrected chi connectivity index (χ2v) is 4.97. The van der Waals surface area contributed by atoms with Crippen LogP contribution >= 0.6 is 0 Å². The predicted molar refractivity (Wildman–Crippen MR) is 78.2 cm³/mol. The number of carbonyl (C=O) groups excluding carboxylic acids is 1. The van der Waals surface area contributed by atoms with Gasteiger partial charge in [-0.05, 0) is 32.3 Å². The van der Waals surface area contributed by atoms with Gasteiger partial charge in [0.25, 0.3) is 0 Å². The van der Waals surface area contributed by atoms with Gasteiger partial charge >= 0.3 is 12.0 Å². The molecule has 6 heteroatoms. The summed E-state index contributed by atoms with van der Waals surface area (Å²) >= 11 is 0. The Hall–Kier alpha value is -1.98. The van der Waals surface area contributed by atoms with Crippen LogP contribution in [0.2, 0.25) is 0 Å². The highest BCUT2D eigenvalue weighted by atomic mass is 16.4. The Kier molecular flexibility index (Phi) is 5.19. The Morgan fingerprint density at radius 3 is 2.25 bits per heavy atom. The van der Waals surface area contributed by atoms with Gasteiger partial charge in [0.05, 0.1) is 5.69 Å². The van der Waals surface area contributed by atoms with E-state index in [1.165, 1.54) is 0 Å². The van der Waals surface area contributed by atoms with Crippen molar-refractivity contribution in [2.45, 2.75) is 52.5 Å². The van der Waals surface area contributed by atoms with Gasteiger partial charge in [-0.25, -0.2) is 9.59 Å². The fourth-order valence-electron chi connectivity index (χ4n) is 2.27.